The van der Waals surface area contributed by atoms with E-state index in [9.17, 15) is 4.79 Å². The van der Waals surface area contributed by atoms with Crippen molar-refractivity contribution in [3.63, 3.8) is 0 Å². The monoisotopic (exact) mass is 269 g/mol. The number of nitrogens with zero attached hydrogens (tertiary/aromatic N) is 2. The molecular weight excluding hydrogens is 242 g/mol. The van der Waals surface area contributed by atoms with E-state index in [-0.39, 0.29) is 5.91 Å². The summed E-state index contributed by atoms with van der Waals surface area (Å²) in [5.41, 5.74) is 0. The molecule has 110 valence electrons. The molecule has 0 aliphatic carbocycles. The van der Waals surface area contributed by atoms with Gasteiger partial charge in [-0.05, 0) is 38.8 Å². The summed E-state index contributed by atoms with van der Waals surface area (Å²) in [6.45, 7) is 7.03. The van der Waals surface area contributed by atoms with Gasteiger partial charge < -0.3 is 15.0 Å². The molecule has 5 nitrogen and oxygen atoms in total. The van der Waals surface area contributed by atoms with Crippen molar-refractivity contribution < 1.29 is 9.53 Å². The van der Waals surface area contributed by atoms with Crippen LogP contribution in [0.15, 0.2) is 0 Å². The topological polar surface area (TPSA) is 44.8 Å². The Morgan fingerprint density at radius 1 is 1.32 bits per heavy atom. The maximum Gasteiger partial charge on any atom is 0.236 e. The lowest BCUT2D eigenvalue weighted by Gasteiger charge is -2.28. The highest BCUT2D eigenvalue weighted by Crippen LogP contribution is 2.15. The average molecular weight is 269 g/mol. The lowest BCUT2D eigenvalue weighted by molar-refractivity contribution is -0.132. The normalized spacial score (nSPS) is 22.5. The van der Waals surface area contributed by atoms with E-state index in [1.54, 1.807) is 0 Å². The molecule has 5 heteroatoms. The predicted octanol–water partition coefficient (Wildman–Crippen LogP) is 0.167. The molecule has 0 aromatic heterocycles. The molecular formula is C14H27N3O2. The van der Waals surface area contributed by atoms with Crippen LogP contribution in [0.4, 0.5) is 0 Å². The fourth-order valence-corrected chi connectivity index (χ4v) is 2.86. The zero-order chi connectivity index (χ0) is 13.5. The summed E-state index contributed by atoms with van der Waals surface area (Å²) in [4.78, 5) is 16.4. The van der Waals surface area contributed by atoms with Gasteiger partial charge in [0.1, 0.15) is 0 Å². The minimum absolute atomic E-state index is 0.276. The van der Waals surface area contributed by atoms with Gasteiger partial charge in [-0.1, -0.05) is 0 Å². The van der Waals surface area contributed by atoms with E-state index < -0.39 is 0 Å². The number of hydrogen-bond donors (Lipinski definition) is 1. The van der Waals surface area contributed by atoms with E-state index in [0.717, 1.165) is 65.2 Å². The second-order valence-electron chi connectivity index (χ2n) is 5.74. The lowest BCUT2D eigenvalue weighted by atomic mass is 10.00. The number of carbonyl (C=O) groups excluding carboxylic acids is 1. The zero-order valence-corrected chi connectivity index (χ0v) is 12.1. The van der Waals surface area contributed by atoms with Crippen LogP contribution in [0.2, 0.25) is 0 Å². The van der Waals surface area contributed by atoms with E-state index in [1.807, 2.05) is 4.90 Å². The Kier molecular flexibility index (Phi) is 6.07. The molecule has 2 saturated heterocycles. The number of nitrogens with one attached hydrogen (secondary N) is 1. The predicted molar refractivity (Wildman–Crippen MR) is 75.1 cm³/mol. The summed E-state index contributed by atoms with van der Waals surface area (Å²) in [7, 11) is 2.06. The molecule has 0 unspecified atom stereocenters. The average Bonchev–Trinajstić information content (AvgIpc) is 2.68. The van der Waals surface area contributed by atoms with Crippen molar-refractivity contribution >= 4 is 5.91 Å². The van der Waals surface area contributed by atoms with Crippen molar-refractivity contribution in [2.24, 2.45) is 5.92 Å². The first-order chi connectivity index (χ1) is 9.25. The highest BCUT2D eigenvalue weighted by molar-refractivity contribution is 5.78. The molecule has 0 radical (unpaired) electrons. The molecule has 19 heavy (non-hydrogen) atoms. The number of hydrogen-bond acceptors (Lipinski definition) is 4. The van der Waals surface area contributed by atoms with Crippen molar-refractivity contribution in [1.82, 2.24) is 15.1 Å². The van der Waals surface area contributed by atoms with Crippen molar-refractivity contribution in [3.8, 4) is 0 Å². The minimum atomic E-state index is 0.276. The number of likely N-dealkylation sites (N-methyl/N-ethyl adjacent to an activating group) is 1. The van der Waals surface area contributed by atoms with Gasteiger partial charge >= 0.3 is 0 Å². The highest BCUT2D eigenvalue weighted by Gasteiger charge is 2.20. The Morgan fingerprint density at radius 2 is 2.11 bits per heavy atom. The van der Waals surface area contributed by atoms with Crippen LogP contribution in [-0.2, 0) is 9.53 Å². The molecule has 2 aliphatic rings. The summed E-state index contributed by atoms with van der Waals surface area (Å²) < 4.78 is 5.37. The Bertz CT molecular complexity index is 272. The van der Waals surface area contributed by atoms with Gasteiger partial charge in [-0.15, -0.1) is 0 Å². The third kappa shape index (κ3) is 5.09. The highest BCUT2D eigenvalue weighted by atomic mass is 16.5. The van der Waals surface area contributed by atoms with E-state index in [2.05, 4.69) is 17.3 Å². The molecule has 2 aliphatic heterocycles. The van der Waals surface area contributed by atoms with Gasteiger partial charge in [-0.2, -0.15) is 0 Å². The van der Waals surface area contributed by atoms with Crippen LogP contribution in [0.1, 0.15) is 19.3 Å². The molecule has 1 N–H and O–H groups in total. The largest absolute Gasteiger partial charge is 0.381 e. The Labute approximate surface area is 116 Å². The van der Waals surface area contributed by atoms with E-state index in [0.29, 0.717) is 12.5 Å². The summed E-state index contributed by atoms with van der Waals surface area (Å²) in [6.07, 6.45) is 3.33. The van der Waals surface area contributed by atoms with Crippen molar-refractivity contribution in [3.05, 3.63) is 0 Å². The minimum Gasteiger partial charge on any atom is -0.381 e. The molecule has 2 heterocycles. The van der Waals surface area contributed by atoms with Gasteiger partial charge in [0.05, 0.1) is 6.54 Å². The summed E-state index contributed by atoms with van der Waals surface area (Å²) >= 11 is 0. The van der Waals surface area contributed by atoms with Gasteiger partial charge in [0.2, 0.25) is 5.91 Å². The van der Waals surface area contributed by atoms with E-state index in [4.69, 9.17) is 4.74 Å². The molecule has 2 fully saturated rings. The van der Waals surface area contributed by atoms with E-state index in [1.165, 1.54) is 0 Å². The first-order valence-corrected chi connectivity index (χ1v) is 7.50. The lowest BCUT2D eigenvalue weighted by Crippen LogP contribution is -2.42. The zero-order valence-electron chi connectivity index (χ0n) is 12.1. The molecule has 1 amide bonds. The maximum absolute atomic E-state index is 12.2. The SMILES string of the molecule is CN(CC(=O)N1CCCNCC1)CC1CCOCC1. The Hall–Kier alpha value is -0.650. The summed E-state index contributed by atoms with van der Waals surface area (Å²) in [6, 6.07) is 0. The smallest absolute Gasteiger partial charge is 0.236 e. The number of amides is 1. The number of carbonyl (C=O) groups is 1. The molecule has 0 saturated carbocycles. The second kappa shape index (κ2) is 7.82. The molecule has 0 aromatic carbocycles. The first-order valence-electron chi connectivity index (χ1n) is 7.50. The maximum atomic E-state index is 12.2. The van der Waals surface area contributed by atoms with Crippen LogP contribution in [0, 0.1) is 5.92 Å². The fraction of sp³-hybridized carbons (Fsp3) is 0.929. The standard InChI is InChI=1S/C14H27N3O2/c1-16(11-13-3-9-19-10-4-13)12-14(18)17-7-2-5-15-6-8-17/h13,15H,2-12H2,1H3. The van der Waals surface area contributed by atoms with Crippen molar-refractivity contribution in [2.75, 3.05) is 59.5 Å². The first kappa shape index (κ1) is 14.8. The fourth-order valence-electron chi connectivity index (χ4n) is 2.86. The van der Waals surface area contributed by atoms with Gasteiger partial charge in [-0.25, -0.2) is 0 Å². The van der Waals surface area contributed by atoms with Crippen LogP contribution < -0.4 is 5.32 Å². The molecule has 0 bridgehead atoms. The van der Waals surface area contributed by atoms with E-state index >= 15 is 0 Å². The van der Waals surface area contributed by atoms with Crippen LogP contribution in [-0.4, -0.2) is 75.2 Å². The summed E-state index contributed by atoms with van der Waals surface area (Å²) in [5, 5.41) is 3.33. The summed E-state index contributed by atoms with van der Waals surface area (Å²) in [5.74, 6) is 0.968. The van der Waals surface area contributed by atoms with Crippen LogP contribution in [0.3, 0.4) is 0 Å². The number of ether oxygens (including phenoxy) is 1. The Balaban J connectivity index is 1.70. The van der Waals surface area contributed by atoms with Gasteiger partial charge in [0.15, 0.2) is 0 Å². The molecule has 0 spiro atoms. The van der Waals surface area contributed by atoms with Gasteiger partial charge in [-0.3, -0.25) is 9.69 Å². The Morgan fingerprint density at radius 3 is 2.89 bits per heavy atom. The van der Waals surface area contributed by atoms with Gasteiger partial charge in [0, 0.05) is 39.4 Å². The second-order valence-corrected chi connectivity index (χ2v) is 5.74. The quantitative estimate of drug-likeness (QED) is 0.790. The van der Waals surface area contributed by atoms with Crippen LogP contribution >= 0.6 is 0 Å². The van der Waals surface area contributed by atoms with Crippen LogP contribution in [0.25, 0.3) is 0 Å². The van der Waals surface area contributed by atoms with Crippen molar-refractivity contribution in [1.29, 1.82) is 0 Å². The third-order valence-corrected chi connectivity index (χ3v) is 4.01. The van der Waals surface area contributed by atoms with Crippen molar-refractivity contribution in [2.45, 2.75) is 19.3 Å². The third-order valence-electron chi connectivity index (χ3n) is 4.01. The molecule has 0 aromatic rings. The number of rotatable bonds is 4. The molecule has 0 atom stereocenters. The molecule has 2 rings (SSSR count). The van der Waals surface area contributed by atoms with Crippen LogP contribution in [0.5, 0.6) is 0 Å². The van der Waals surface area contributed by atoms with Gasteiger partial charge in [0.25, 0.3) is 0 Å².